The molecule has 3 rings (SSSR count). The van der Waals surface area contributed by atoms with Crippen molar-refractivity contribution in [2.45, 2.75) is 18.9 Å². The fourth-order valence-electron chi connectivity index (χ4n) is 3.92. The van der Waals surface area contributed by atoms with Gasteiger partial charge < -0.3 is 25.2 Å². The van der Waals surface area contributed by atoms with Gasteiger partial charge in [0.25, 0.3) is 0 Å². The number of nitrogens with zero attached hydrogens (tertiary/aromatic N) is 2. The molecular formula is C24H32N4O3. The number of benzene rings is 2. The van der Waals surface area contributed by atoms with Crippen LogP contribution in [0, 0.1) is 5.92 Å². The molecular weight excluding hydrogens is 392 g/mol. The highest BCUT2D eigenvalue weighted by Gasteiger charge is 2.28. The van der Waals surface area contributed by atoms with E-state index in [2.05, 4.69) is 15.5 Å². The highest BCUT2D eigenvalue weighted by molar-refractivity contribution is 5.89. The lowest BCUT2D eigenvalue weighted by molar-refractivity contribution is -0.126. The Hall–Kier alpha value is -3.06. The standard InChI is InChI=1S/C24H32N4O3/c1-27(2)21(20-11-7-8-12-22(20)31-3)17-25-23(29)18-13-15-28(16-14-18)24(30)26-19-9-5-4-6-10-19/h4-12,18,21H,13-17H2,1-3H3,(H,25,29)(H,26,30)/t21-/m0/s1. The topological polar surface area (TPSA) is 73.9 Å². The van der Waals surface area contributed by atoms with Crippen LogP contribution in [0.1, 0.15) is 24.4 Å². The molecule has 1 aliphatic rings. The SMILES string of the molecule is COc1ccccc1[C@H](CNC(=O)C1CCN(C(=O)Nc2ccccc2)CC1)N(C)C. The van der Waals surface area contributed by atoms with Crippen LogP contribution < -0.4 is 15.4 Å². The van der Waals surface area contributed by atoms with E-state index >= 15 is 0 Å². The van der Waals surface area contributed by atoms with Crippen LogP contribution in [0.2, 0.25) is 0 Å². The van der Waals surface area contributed by atoms with Crippen LogP contribution in [-0.2, 0) is 4.79 Å². The number of likely N-dealkylation sites (tertiary alicyclic amines) is 1. The van der Waals surface area contributed by atoms with Crippen LogP contribution in [0.3, 0.4) is 0 Å². The monoisotopic (exact) mass is 424 g/mol. The number of anilines is 1. The van der Waals surface area contributed by atoms with Gasteiger partial charge in [-0.3, -0.25) is 4.79 Å². The number of hydrogen-bond acceptors (Lipinski definition) is 4. The van der Waals surface area contributed by atoms with Crippen molar-refractivity contribution in [2.24, 2.45) is 5.92 Å². The number of para-hydroxylation sites is 2. The zero-order chi connectivity index (χ0) is 22.2. The summed E-state index contributed by atoms with van der Waals surface area (Å²) in [6, 6.07) is 17.2. The normalized spacial score (nSPS) is 15.4. The van der Waals surface area contributed by atoms with Crippen LogP contribution in [0.4, 0.5) is 10.5 Å². The van der Waals surface area contributed by atoms with E-state index in [0.29, 0.717) is 32.5 Å². The summed E-state index contributed by atoms with van der Waals surface area (Å²) in [6.45, 7) is 1.64. The number of urea groups is 1. The number of piperidine rings is 1. The van der Waals surface area contributed by atoms with E-state index in [1.165, 1.54) is 0 Å². The fraction of sp³-hybridized carbons (Fsp3) is 0.417. The molecule has 1 saturated heterocycles. The Morgan fingerprint density at radius 1 is 1.06 bits per heavy atom. The Bertz CT molecular complexity index is 864. The van der Waals surface area contributed by atoms with Gasteiger partial charge in [-0.05, 0) is 45.1 Å². The second-order valence-corrected chi connectivity index (χ2v) is 8.02. The van der Waals surface area contributed by atoms with Crippen molar-refractivity contribution >= 4 is 17.6 Å². The van der Waals surface area contributed by atoms with E-state index in [-0.39, 0.29) is 23.9 Å². The predicted molar refractivity (Wildman–Crippen MR) is 122 cm³/mol. The summed E-state index contributed by atoms with van der Waals surface area (Å²) in [7, 11) is 5.64. The minimum atomic E-state index is -0.117. The lowest BCUT2D eigenvalue weighted by atomic mass is 9.95. The van der Waals surface area contributed by atoms with Gasteiger partial charge in [-0.1, -0.05) is 36.4 Å². The molecule has 7 heteroatoms. The maximum Gasteiger partial charge on any atom is 0.321 e. The molecule has 1 fully saturated rings. The largest absolute Gasteiger partial charge is 0.496 e. The van der Waals surface area contributed by atoms with E-state index in [1.54, 1.807) is 12.0 Å². The number of likely N-dealkylation sites (N-methyl/N-ethyl adjacent to an activating group) is 1. The third-order valence-electron chi connectivity index (χ3n) is 5.77. The highest BCUT2D eigenvalue weighted by Crippen LogP contribution is 2.27. The van der Waals surface area contributed by atoms with Crippen LogP contribution in [0.15, 0.2) is 54.6 Å². The van der Waals surface area contributed by atoms with E-state index in [9.17, 15) is 9.59 Å². The van der Waals surface area contributed by atoms with Crippen molar-refractivity contribution in [1.29, 1.82) is 0 Å². The Balaban J connectivity index is 1.50. The molecule has 2 aromatic rings. The molecule has 166 valence electrons. The smallest absolute Gasteiger partial charge is 0.321 e. The van der Waals surface area contributed by atoms with Crippen LogP contribution >= 0.6 is 0 Å². The average molecular weight is 425 g/mol. The van der Waals surface area contributed by atoms with Gasteiger partial charge in [-0.2, -0.15) is 0 Å². The number of carbonyl (C=O) groups is 2. The minimum Gasteiger partial charge on any atom is -0.496 e. The van der Waals surface area contributed by atoms with Gasteiger partial charge in [-0.25, -0.2) is 4.79 Å². The molecule has 1 heterocycles. The third-order valence-corrected chi connectivity index (χ3v) is 5.77. The summed E-state index contributed by atoms with van der Waals surface area (Å²) in [5.74, 6) is 0.777. The van der Waals surface area contributed by atoms with E-state index in [0.717, 1.165) is 17.0 Å². The fourth-order valence-corrected chi connectivity index (χ4v) is 3.92. The van der Waals surface area contributed by atoms with Gasteiger partial charge in [0.05, 0.1) is 13.2 Å². The zero-order valence-corrected chi connectivity index (χ0v) is 18.5. The van der Waals surface area contributed by atoms with Gasteiger partial charge in [0, 0.05) is 36.8 Å². The molecule has 0 bridgehead atoms. The molecule has 7 nitrogen and oxygen atoms in total. The first-order chi connectivity index (χ1) is 15.0. The van der Waals surface area contributed by atoms with Crippen LogP contribution in [0.25, 0.3) is 0 Å². The van der Waals surface area contributed by atoms with Crippen molar-refractivity contribution in [3.63, 3.8) is 0 Å². The Morgan fingerprint density at radius 2 is 1.71 bits per heavy atom. The minimum absolute atomic E-state index is 0.0110. The van der Waals surface area contributed by atoms with Crippen LogP contribution in [-0.4, -0.2) is 62.6 Å². The molecule has 0 radical (unpaired) electrons. The quantitative estimate of drug-likeness (QED) is 0.715. The Kier molecular flexibility index (Phi) is 7.89. The molecule has 1 atom stereocenters. The lowest BCUT2D eigenvalue weighted by Crippen LogP contribution is -2.45. The number of nitrogens with one attached hydrogen (secondary N) is 2. The number of ether oxygens (including phenoxy) is 1. The second kappa shape index (κ2) is 10.8. The molecule has 3 amide bonds. The van der Waals surface area contributed by atoms with Gasteiger partial charge >= 0.3 is 6.03 Å². The molecule has 0 saturated carbocycles. The molecule has 0 aromatic heterocycles. The van der Waals surface area contributed by atoms with Crippen molar-refractivity contribution < 1.29 is 14.3 Å². The molecule has 0 aliphatic carbocycles. The lowest BCUT2D eigenvalue weighted by Gasteiger charge is -2.32. The molecule has 2 N–H and O–H groups in total. The Morgan fingerprint density at radius 3 is 2.35 bits per heavy atom. The van der Waals surface area contributed by atoms with Gasteiger partial charge in [0.15, 0.2) is 0 Å². The van der Waals surface area contributed by atoms with E-state index in [1.807, 2.05) is 68.7 Å². The number of rotatable bonds is 7. The van der Waals surface area contributed by atoms with Crippen molar-refractivity contribution in [3.8, 4) is 5.75 Å². The number of methoxy groups -OCH3 is 1. The van der Waals surface area contributed by atoms with Gasteiger partial charge in [-0.15, -0.1) is 0 Å². The van der Waals surface area contributed by atoms with Crippen molar-refractivity contribution in [1.82, 2.24) is 15.1 Å². The second-order valence-electron chi connectivity index (χ2n) is 8.02. The maximum atomic E-state index is 12.8. The molecule has 0 unspecified atom stereocenters. The first-order valence-corrected chi connectivity index (χ1v) is 10.7. The van der Waals surface area contributed by atoms with Gasteiger partial charge in [0.1, 0.15) is 5.75 Å². The van der Waals surface area contributed by atoms with Crippen molar-refractivity contribution in [2.75, 3.05) is 46.2 Å². The van der Waals surface area contributed by atoms with E-state index in [4.69, 9.17) is 4.74 Å². The summed E-state index contributed by atoms with van der Waals surface area (Å²) in [5.41, 5.74) is 1.82. The summed E-state index contributed by atoms with van der Waals surface area (Å²) in [5, 5.41) is 6.02. The first kappa shape index (κ1) is 22.6. The highest BCUT2D eigenvalue weighted by atomic mass is 16.5. The van der Waals surface area contributed by atoms with Crippen LogP contribution in [0.5, 0.6) is 5.75 Å². The van der Waals surface area contributed by atoms with Gasteiger partial charge in [0.2, 0.25) is 5.91 Å². The summed E-state index contributed by atoms with van der Waals surface area (Å²) < 4.78 is 5.49. The molecule has 1 aliphatic heterocycles. The summed E-state index contributed by atoms with van der Waals surface area (Å²) >= 11 is 0. The summed E-state index contributed by atoms with van der Waals surface area (Å²) in [6.07, 6.45) is 1.32. The number of carbonyl (C=O) groups excluding carboxylic acids is 2. The van der Waals surface area contributed by atoms with Crippen molar-refractivity contribution in [3.05, 3.63) is 60.2 Å². The Labute approximate surface area is 184 Å². The molecule has 0 spiro atoms. The zero-order valence-electron chi connectivity index (χ0n) is 18.5. The maximum absolute atomic E-state index is 12.8. The average Bonchev–Trinajstić information content (AvgIpc) is 2.80. The third kappa shape index (κ3) is 5.98. The number of hydrogen-bond donors (Lipinski definition) is 2. The number of amides is 3. The molecule has 31 heavy (non-hydrogen) atoms. The molecule has 2 aromatic carbocycles. The summed E-state index contributed by atoms with van der Waals surface area (Å²) in [4.78, 5) is 29.1. The van der Waals surface area contributed by atoms with E-state index < -0.39 is 0 Å². The first-order valence-electron chi connectivity index (χ1n) is 10.7. The predicted octanol–water partition coefficient (Wildman–Crippen LogP) is 3.36.